The molecule has 0 aliphatic carbocycles. The van der Waals surface area contributed by atoms with Gasteiger partial charge in [0.2, 0.25) is 0 Å². The highest BCUT2D eigenvalue weighted by Crippen LogP contribution is 2.28. The van der Waals surface area contributed by atoms with Crippen LogP contribution in [0.15, 0.2) is 30.3 Å². The highest BCUT2D eigenvalue weighted by Gasteiger charge is 2.09. The molecule has 20 heavy (non-hydrogen) atoms. The van der Waals surface area contributed by atoms with E-state index in [-0.39, 0.29) is 0 Å². The zero-order valence-electron chi connectivity index (χ0n) is 12.1. The lowest BCUT2D eigenvalue weighted by atomic mass is 10.1. The molecule has 0 fully saturated rings. The first-order valence-corrected chi connectivity index (χ1v) is 7.31. The lowest BCUT2D eigenvalue weighted by Gasteiger charge is -2.09. The quantitative estimate of drug-likeness (QED) is 0.724. The number of nitrogens with one attached hydrogen (secondary N) is 1. The van der Waals surface area contributed by atoms with Crippen molar-refractivity contribution in [3.8, 4) is 17.0 Å². The molecule has 0 atom stereocenters. The van der Waals surface area contributed by atoms with Gasteiger partial charge in [-0.2, -0.15) is 5.10 Å². The van der Waals surface area contributed by atoms with Crippen molar-refractivity contribution >= 4 is 0 Å². The molecule has 0 saturated carbocycles. The van der Waals surface area contributed by atoms with E-state index >= 15 is 0 Å². The molecule has 0 saturated heterocycles. The fourth-order valence-corrected chi connectivity index (χ4v) is 2.12. The van der Waals surface area contributed by atoms with E-state index < -0.39 is 0 Å². The lowest BCUT2D eigenvalue weighted by Crippen LogP contribution is -1.98. The van der Waals surface area contributed by atoms with Crippen molar-refractivity contribution in [1.29, 1.82) is 0 Å². The van der Waals surface area contributed by atoms with Crippen LogP contribution in [0.25, 0.3) is 11.3 Å². The van der Waals surface area contributed by atoms with Crippen molar-refractivity contribution in [1.82, 2.24) is 10.2 Å². The predicted octanol–water partition coefficient (Wildman–Crippen LogP) is 3.49. The van der Waals surface area contributed by atoms with E-state index in [2.05, 4.69) is 17.1 Å². The van der Waals surface area contributed by atoms with Crippen LogP contribution in [0.5, 0.6) is 5.75 Å². The summed E-state index contributed by atoms with van der Waals surface area (Å²) in [5.74, 6) is 0.888. The Morgan fingerprint density at radius 1 is 1.20 bits per heavy atom. The molecule has 4 nitrogen and oxygen atoms in total. The number of H-pyrrole nitrogens is 1. The Morgan fingerprint density at radius 3 is 2.80 bits per heavy atom. The predicted molar refractivity (Wildman–Crippen MR) is 81.6 cm³/mol. The topological polar surface area (TPSA) is 63.9 Å². The van der Waals surface area contributed by atoms with Gasteiger partial charge in [0.25, 0.3) is 0 Å². The molecule has 0 radical (unpaired) electrons. The number of aromatic amines is 1. The first kappa shape index (κ1) is 14.6. The minimum Gasteiger partial charge on any atom is -0.493 e. The van der Waals surface area contributed by atoms with Crippen LogP contribution in [0.3, 0.4) is 0 Å². The first-order chi connectivity index (χ1) is 9.85. The van der Waals surface area contributed by atoms with Crippen molar-refractivity contribution < 1.29 is 4.74 Å². The van der Waals surface area contributed by atoms with Crippen molar-refractivity contribution in [3.05, 3.63) is 36.0 Å². The number of benzene rings is 1. The molecular weight excluding hydrogens is 250 g/mol. The summed E-state index contributed by atoms with van der Waals surface area (Å²) in [6.45, 7) is 3.43. The van der Waals surface area contributed by atoms with Gasteiger partial charge in [-0.05, 0) is 24.6 Å². The minimum atomic E-state index is 0.465. The average molecular weight is 273 g/mol. The van der Waals surface area contributed by atoms with Crippen LogP contribution in [0, 0.1) is 0 Å². The molecule has 3 N–H and O–H groups in total. The van der Waals surface area contributed by atoms with Crippen LogP contribution in [-0.2, 0) is 6.54 Å². The van der Waals surface area contributed by atoms with E-state index in [1.807, 2.05) is 30.3 Å². The third kappa shape index (κ3) is 3.84. The molecule has 1 heterocycles. The summed E-state index contributed by atoms with van der Waals surface area (Å²) >= 11 is 0. The Kier molecular flexibility index (Phi) is 5.62. The van der Waals surface area contributed by atoms with Gasteiger partial charge in [0.1, 0.15) is 5.75 Å². The summed E-state index contributed by atoms with van der Waals surface area (Å²) in [5.41, 5.74) is 8.43. The van der Waals surface area contributed by atoms with Gasteiger partial charge in [0.15, 0.2) is 0 Å². The van der Waals surface area contributed by atoms with Crippen LogP contribution in [-0.4, -0.2) is 16.8 Å². The molecule has 0 unspecified atom stereocenters. The maximum absolute atomic E-state index is 5.90. The van der Waals surface area contributed by atoms with Gasteiger partial charge in [-0.3, -0.25) is 5.10 Å². The molecule has 1 aromatic heterocycles. The fraction of sp³-hybridized carbons (Fsp3) is 0.438. The molecule has 0 amide bonds. The zero-order chi connectivity index (χ0) is 14.2. The molecular formula is C16H23N3O. The van der Waals surface area contributed by atoms with Gasteiger partial charge in [0, 0.05) is 17.8 Å². The van der Waals surface area contributed by atoms with E-state index in [9.17, 15) is 0 Å². The third-order valence-electron chi connectivity index (χ3n) is 3.27. The molecule has 1 aromatic carbocycles. The number of hydrogen-bond donors (Lipinski definition) is 2. The molecule has 2 rings (SSSR count). The Labute approximate surface area is 120 Å². The summed E-state index contributed by atoms with van der Waals surface area (Å²) in [4.78, 5) is 0. The number of aromatic nitrogens is 2. The number of hydrogen-bond acceptors (Lipinski definition) is 3. The second kappa shape index (κ2) is 7.70. The summed E-state index contributed by atoms with van der Waals surface area (Å²) in [6.07, 6.45) is 4.82. The molecule has 4 heteroatoms. The Morgan fingerprint density at radius 2 is 2.05 bits per heavy atom. The van der Waals surface area contributed by atoms with E-state index in [0.717, 1.165) is 35.7 Å². The van der Waals surface area contributed by atoms with Crippen LogP contribution < -0.4 is 10.5 Å². The summed E-state index contributed by atoms with van der Waals surface area (Å²) < 4.78 is 5.90. The highest BCUT2D eigenvalue weighted by molar-refractivity contribution is 5.67. The third-order valence-corrected chi connectivity index (χ3v) is 3.27. The van der Waals surface area contributed by atoms with Gasteiger partial charge in [-0.1, -0.05) is 38.3 Å². The van der Waals surface area contributed by atoms with Crippen molar-refractivity contribution in [2.24, 2.45) is 5.73 Å². The number of ether oxygens (including phenoxy) is 1. The Bertz CT molecular complexity index is 522. The van der Waals surface area contributed by atoms with Gasteiger partial charge >= 0.3 is 0 Å². The Balaban J connectivity index is 2.02. The molecule has 108 valence electrons. The first-order valence-electron chi connectivity index (χ1n) is 7.31. The van der Waals surface area contributed by atoms with Crippen molar-refractivity contribution in [2.45, 2.75) is 39.2 Å². The second-order valence-corrected chi connectivity index (χ2v) is 4.89. The fourth-order valence-electron chi connectivity index (χ4n) is 2.12. The zero-order valence-corrected chi connectivity index (χ0v) is 12.1. The van der Waals surface area contributed by atoms with E-state index in [4.69, 9.17) is 10.5 Å². The minimum absolute atomic E-state index is 0.465. The molecule has 0 bridgehead atoms. The molecule has 2 aromatic rings. The normalized spacial score (nSPS) is 10.7. The van der Waals surface area contributed by atoms with E-state index in [0.29, 0.717) is 6.54 Å². The smallest absolute Gasteiger partial charge is 0.128 e. The van der Waals surface area contributed by atoms with Gasteiger partial charge in [0.05, 0.1) is 12.3 Å². The standard InChI is InChI=1S/C16H23N3O/c1-2-3-4-7-10-20-16-9-6-5-8-14(16)15-11-13(12-17)18-19-15/h5-6,8-9,11H,2-4,7,10,12,17H2,1H3,(H,18,19). The van der Waals surface area contributed by atoms with E-state index in [1.54, 1.807) is 0 Å². The Hall–Kier alpha value is -1.81. The number of unbranched alkanes of at least 4 members (excludes halogenated alkanes) is 3. The summed E-state index contributed by atoms with van der Waals surface area (Å²) in [5, 5.41) is 7.23. The molecule has 0 aliphatic rings. The maximum atomic E-state index is 5.90. The SMILES string of the molecule is CCCCCCOc1ccccc1-c1cc(CN)[nH]n1. The average Bonchev–Trinajstić information content (AvgIpc) is 2.96. The molecule has 0 aliphatic heterocycles. The van der Waals surface area contributed by atoms with Gasteiger partial charge in [-0.15, -0.1) is 0 Å². The number of rotatable bonds is 8. The molecule has 0 spiro atoms. The van der Waals surface area contributed by atoms with Crippen LogP contribution in [0.1, 0.15) is 38.3 Å². The van der Waals surface area contributed by atoms with Gasteiger partial charge < -0.3 is 10.5 Å². The van der Waals surface area contributed by atoms with Gasteiger partial charge in [-0.25, -0.2) is 0 Å². The van der Waals surface area contributed by atoms with Crippen LogP contribution >= 0.6 is 0 Å². The summed E-state index contributed by atoms with van der Waals surface area (Å²) in [7, 11) is 0. The monoisotopic (exact) mass is 273 g/mol. The van der Waals surface area contributed by atoms with Crippen LogP contribution in [0.4, 0.5) is 0 Å². The maximum Gasteiger partial charge on any atom is 0.128 e. The summed E-state index contributed by atoms with van der Waals surface area (Å²) in [6, 6.07) is 9.97. The second-order valence-electron chi connectivity index (χ2n) is 4.89. The number of para-hydroxylation sites is 1. The van der Waals surface area contributed by atoms with Crippen LogP contribution in [0.2, 0.25) is 0 Å². The van der Waals surface area contributed by atoms with E-state index in [1.165, 1.54) is 19.3 Å². The largest absolute Gasteiger partial charge is 0.493 e. The lowest BCUT2D eigenvalue weighted by molar-refractivity contribution is 0.306. The number of nitrogens with two attached hydrogens (primary N) is 1. The van der Waals surface area contributed by atoms with Crippen molar-refractivity contribution in [2.75, 3.05) is 6.61 Å². The van der Waals surface area contributed by atoms with Crippen molar-refractivity contribution in [3.63, 3.8) is 0 Å². The highest BCUT2D eigenvalue weighted by atomic mass is 16.5. The number of nitrogens with zero attached hydrogens (tertiary/aromatic N) is 1.